The lowest BCUT2D eigenvalue weighted by atomic mass is 10.2. The predicted molar refractivity (Wildman–Crippen MR) is 67.0 cm³/mol. The van der Waals surface area contributed by atoms with Crippen LogP contribution in [0.5, 0.6) is 0 Å². The number of halogens is 1. The zero-order valence-corrected chi connectivity index (χ0v) is 10.5. The monoisotopic (exact) mass is 266 g/mol. The number of fused-ring (bicyclic) bond motifs is 1. The van der Waals surface area contributed by atoms with Crippen molar-refractivity contribution in [3.8, 4) is 0 Å². The molecule has 0 bridgehead atoms. The van der Waals surface area contributed by atoms with Crippen LogP contribution in [-0.2, 0) is 6.54 Å². The third-order valence-electron chi connectivity index (χ3n) is 2.61. The minimum absolute atomic E-state index is 1.02. The van der Waals surface area contributed by atoms with Crippen molar-refractivity contribution < 1.29 is 0 Å². The largest absolute Gasteiger partial charge is 0.265 e. The molecule has 0 aliphatic heterocycles. The minimum Gasteiger partial charge on any atom is -0.265 e. The molecule has 0 amide bonds. The molecule has 0 fully saturated rings. The van der Waals surface area contributed by atoms with Crippen molar-refractivity contribution in [2.24, 2.45) is 0 Å². The summed E-state index contributed by atoms with van der Waals surface area (Å²) in [6, 6.07) is 6.24. The maximum Gasteiger partial charge on any atom is 0.0693 e. The molecule has 3 heteroatoms. The van der Waals surface area contributed by atoms with Crippen LogP contribution in [0.2, 0.25) is 0 Å². The third kappa shape index (κ3) is 2.23. The molecule has 2 nitrogen and oxygen atoms in total. The molecule has 0 aliphatic carbocycles. The number of hydrogen-bond donors (Lipinski definition) is 0. The average molecular weight is 267 g/mol. The summed E-state index contributed by atoms with van der Waals surface area (Å²) in [5, 5.41) is 5.62. The minimum atomic E-state index is 1.02. The fraction of sp³-hybridized carbons (Fsp3) is 0.417. The number of aryl methyl sites for hydroxylation is 1. The van der Waals surface area contributed by atoms with Gasteiger partial charge in [0, 0.05) is 16.4 Å². The van der Waals surface area contributed by atoms with Crippen LogP contribution in [0.25, 0.3) is 10.9 Å². The van der Waals surface area contributed by atoms with Crippen LogP contribution in [0.15, 0.2) is 28.9 Å². The second-order valence-electron chi connectivity index (χ2n) is 3.75. The number of aromatic nitrogens is 2. The van der Waals surface area contributed by atoms with Crippen molar-refractivity contribution in [2.45, 2.75) is 32.7 Å². The Kier molecular flexibility index (Phi) is 3.41. The molecule has 0 aliphatic rings. The van der Waals surface area contributed by atoms with Crippen LogP contribution in [0.1, 0.15) is 26.2 Å². The first-order chi connectivity index (χ1) is 7.33. The van der Waals surface area contributed by atoms with Crippen molar-refractivity contribution in [1.29, 1.82) is 0 Å². The van der Waals surface area contributed by atoms with Crippen LogP contribution in [-0.4, -0.2) is 9.78 Å². The Morgan fingerprint density at radius 2 is 2.20 bits per heavy atom. The van der Waals surface area contributed by atoms with E-state index in [2.05, 4.69) is 50.8 Å². The summed E-state index contributed by atoms with van der Waals surface area (Å²) < 4.78 is 3.22. The Hall–Kier alpha value is -0.830. The van der Waals surface area contributed by atoms with Crippen molar-refractivity contribution in [1.82, 2.24) is 9.78 Å². The van der Waals surface area contributed by atoms with Crippen LogP contribution >= 0.6 is 15.9 Å². The summed E-state index contributed by atoms with van der Waals surface area (Å²) in [5.74, 6) is 0. The van der Waals surface area contributed by atoms with Crippen molar-refractivity contribution in [2.75, 3.05) is 0 Å². The van der Waals surface area contributed by atoms with E-state index in [-0.39, 0.29) is 0 Å². The Morgan fingerprint density at radius 3 is 3.00 bits per heavy atom. The molecule has 0 saturated heterocycles. The van der Waals surface area contributed by atoms with Crippen molar-refractivity contribution in [3.63, 3.8) is 0 Å². The standard InChI is InChI=1S/C12H15BrN2/c1-2-3-4-8-15-12-7-5-6-11(13)10(12)9-14-15/h5-7,9H,2-4,8H2,1H3. The zero-order valence-electron chi connectivity index (χ0n) is 8.91. The van der Waals surface area contributed by atoms with Crippen LogP contribution < -0.4 is 0 Å². The molecule has 0 spiro atoms. The Balaban J connectivity index is 2.25. The van der Waals surface area contributed by atoms with E-state index < -0.39 is 0 Å². The molecule has 1 aromatic heterocycles. The quantitative estimate of drug-likeness (QED) is 0.766. The van der Waals surface area contributed by atoms with Gasteiger partial charge < -0.3 is 0 Å². The molecule has 2 aromatic rings. The van der Waals surface area contributed by atoms with E-state index >= 15 is 0 Å². The molecule has 0 atom stereocenters. The fourth-order valence-corrected chi connectivity index (χ4v) is 2.22. The number of nitrogens with zero attached hydrogens (tertiary/aromatic N) is 2. The average Bonchev–Trinajstić information content (AvgIpc) is 2.64. The van der Waals surface area contributed by atoms with Gasteiger partial charge >= 0.3 is 0 Å². The molecule has 80 valence electrons. The zero-order chi connectivity index (χ0) is 10.7. The van der Waals surface area contributed by atoms with E-state index in [9.17, 15) is 0 Å². The number of hydrogen-bond acceptors (Lipinski definition) is 1. The summed E-state index contributed by atoms with van der Waals surface area (Å²) >= 11 is 3.54. The highest BCUT2D eigenvalue weighted by Crippen LogP contribution is 2.23. The normalized spacial score (nSPS) is 11.1. The van der Waals surface area contributed by atoms with Gasteiger partial charge in [0.05, 0.1) is 11.7 Å². The van der Waals surface area contributed by atoms with Crippen molar-refractivity contribution >= 4 is 26.8 Å². The van der Waals surface area contributed by atoms with Crippen LogP contribution in [0.4, 0.5) is 0 Å². The summed E-state index contributed by atoms with van der Waals surface area (Å²) in [5.41, 5.74) is 1.22. The molecule has 1 aromatic carbocycles. The topological polar surface area (TPSA) is 17.8 Å². The summed E-state index contributed by atoms with van der Waals surface area (Å²) in [4.78, 5) is 0. The predicted octanol–water partition coefficient (Wildman–Crippen LogP) is 3.99. The van der Waals surface area contributed by atoms with E-state index in [1.165, 1.54) is 30.2 Å². The van der Waals surface area contributed by atoms with Gasteiger partial charge in [-0.05, 0) is 18.6 Å². The van der Waals surface area contributed by atoms with Gasteiger partial charge in [-0.2, -0.15) is 5.10 Å². The van der Waals surface area contributed by atoms with Crippen molar-refractivity contribution in [3.05, 3.63) is 28.9 Å². The van der Waals surface area contributed by atoms with Crippen LogP contribution in [0, 0.1) is 0 Å². The smallest absolute Gasteiger partial charge is 0.0693 e. The maximum absolute atomic E-state index is 4.41. The highest BCUT2D eigenvalue weighted by Gasteiger charge is 2.04. The second-order valence-corrected chi connectivity index (χ2v) is 4.60. The highest BCUT2D eigenvalue weighted by molar-refractivity contribution is 9.10. The highest BCUT2D eigenvalue weighted by atomic mass is 79.9. The maximum atomic E-state index is 4.41. The first-order valence-corrected chi connectivity index (χ1v) is 6.22. The number of benzene rings is 1. The van der Waals surface area contributed by atoms with E-state index in [1.807, 2.05) is 6.20 Å². The van der Waals surface area contributed by atoms with Gasteiger partial charge in [0.2, 0.25) is 0 Å². The lowest BCUT2D eigenvalue weighted by Crippen LogP contribution is -1.99. The second kappa shape index (κ2) is 4.79. The van der Waals surface area contributed by atoms with Crippen LogP contribution in [0.3, 0.4) is 0 Å². The lowest BCUT2D eigenvalue weighted by molar-refractivity contribution is 0.567. The van der Waals surface area contributed by atoms with Gasteiger partial charge in [-0.3, -0.25) is 4.68 Å². The molecule has 0 saturated carbocycles. The summed E-state index contributed by atoms with van der Waals surface area (Å²) in [6.07, 6.45) is 5.67. The van der Waals surface area contributed by atoms with E-state index in [4.69, 9.17) is 0 Å². The van der Waals surface area contributed by atoms with Gasteiger partial charge in [0.25, 0.3) is 0 Å². The van der Waals surface area contributed by atoms with Gasteiger partial charge in [-0.1, -0.05) is 41.8 Å². The Morgan fingerprint density at radius 1 is 1.33 bits per heavy atom. The first kappa shape index (κ1) is 10.7. The molecular formula is C12H15BrN2. The van der Waals surface area contributed by atoms with Gasteiger partial charge in [-0.15, -0.1) is 0 Å². The molecule has 0 radical (unpaired) electrons. The Bertz CT molecular complexity index is 448. The molecule has 1 heterocycles. The number of unbranched alkanes of at least 4 members (excludes halogenated alkanes) is 2. The molecule has 0 N–H and O–H groups in total. The van der Waals surface area contributed by atoms with E-state index in [1.54, 1.807) is 0 Å². The SMILES string of the molecule is CCCCCn1ncc2c(Br)cccc21. The molecular weight excluding hydrogens is 252 g/mol. The summed E-state index contributed by atoms with van der Waals surface area (Å²) in [6.45, 7) is 3.24. The van der Waals surface area contributed by atoms with E-state index in [0.29, 0.717) is 0 Å². The molecule has 0 unspecified atom stereocenters. The van der Waals surface area contributed by atoms with E-state index in [0.717, 1.165) is 11.0 Å². The summed E-state index contributed by atoms with van der Waals surface area (Å²) in [7, 11) is 0. The van der Waals surface area contributed by atoms with Gasteiger partial charge in [0.1, 0.15) is 0 Å². The molecule has 2 rings (SSSR count). The first-order valence-electron chi connectivity index (χ1n) is 5.43. The fourth-order valence-electron chi connectivity index (χ4n) is 1.76. The molecule has 15 heavy (non-hydrogen) atoms. The van der Waals surface area contributed by atoms with Gasteiger partial charge in [0.15, 0.2) is 0 Å². The third-order valence-corrected chi connectivity index (χ3v) is 3.30. The Labute approximate surface area is 98.4 Å². The number of rotatable bonds is 4. The lowest BCUT2D eigenvalue weighted by Gasteiger charge is -2.02. The van der Waals surface area contributed by atoms with Gasteiger partial charge in [-0.25, -0.2) is 0 Å².